The number of nitrogens with two attached hydrogens (primary N) is 1. The van der Waals surface area contributed by atoms with Crippen LogP contribution < -0.4 is 10.4 Å². The fraction of sp³-hybridized carbons (Fsp3) is 0.300. The molecule has 0 fully saturated rings. The second-order valence-corrected chi connectivity index (χ2v) is 9.61. The molecule has 0 bridgehead atoms. The summed E-state index contributed by atoms with van der Waals surface area (Å²) < 4.78 is 16.3. The van der Waals surface area contributed by atoms with Crippen LogP contribution in [0.15, 0.2) is 71.1 Å². The zero-order chi connectivity index (χ0) is 31.0. The van der Waals surface area contributed by atoms with Gasteiger partial charge in [-0.25, -0.2) is 9.59 Å². The Balaban J connectivity index is 0.00000114. The number of nitrogens with zero attached hydrogens (tertiary/aromatic N) is 1. The predicted octanol–water partition coefficient (Wildman–Crippen LogP) is 1.33. The Morgan fingerprint density at radius 2 is 1.55 bits per heavy atom. The Labute approximate surface area is 247 Å². The van der Waals surface area contributed by atoms with Crippen molar-refractivity contribution in [3.8, 4) is 0 Å². The molecule has 0 aliphatic carbocycles. The van der Waals surface area contributed by atoms with Crippen molar-refractivity contribution in [2.45, 2.75) is 26.7 Å². The van der Waals surface area contributed by atoms with Gasteiger partial charge >= 0.3 is 11.9 Å². The Kier molecular flexibility index (Phi) is 11.1. The summed E-state index contributed by atoms with van der Waals surface area (Å²) in [4.78, 5) is 61.4. The number of aliphatic carboxylic acids is 1. The van der Waals surface area contributed by atoms with Gasteiger partial charge in [0.15, 0.2) is 0 Å². The molecule has 0 aromatic heterocycles. The van der Waals surface area contributed by atoms with Crippen LogP contribution in [0.1, 0.15) is 53.0 Å². The number of fused-ring (bicyclic) bond motifs is 1. The molecule has 2 N–H and O–H groups in total. The molecule has 4 rings (SSSR count). The lowest BCUT2D eigenvalue weighted by Crippen LogP contribution is -2.82. The summed E-state index contributed by atoms with van der Waals surface area (Å²) >= 11 is 6.52. The maximum Gasteiger partial charge on any atom is 0.340 e. The van der Waals surface area contributed by atoms with Crippen molar-refractivity contribution in [2.24, 2.45) is 0 Å². The van der Waals surface area contributed by atoms with Gasteiger partial charge in [0, 0.05) is 17.9 Å². The molecule has 0 saturated carbocycles. The van der Waals surface area contributed by atoms with Crippen LogP contribution >= 0.6 is 11.6 Å². The number of hydrogen-bond acceptors (Lipinski definition) is 9. The molecule has 2 amide bonds. The van der Waals surface area contributed by atoms with E-state index >= 15 is 0 Å². The minimum absolute atomic E-state index is 0.0237. The van der Waals surface area contributed by atoms with Crippen molar-refractivity contribution in [2.75, 3.05) is 33.5 Å². The molecule has 0 spiro atoms. The zero-order valence-electron chi connectivity index (χ0n) is 23.6. The summed E-state index contributed by atoms with van der Waals surface area (Å²) in [5.41, 5.74) is 2.86. The van der Waals surface area contributed by atoms with Crippen molar-refractivity contribution in [3.63, 3.8) is 0 Å². The number of carboxylic acids is 1. The van der Waals surface area contributed by atoms with Crippen LogP contribution in [0, 0.1) is 0 Å². The van der Waals surface area contributed by atoms with Gasteiger partial charge in [-0.2, -0.15) is 0 Å². The fourth-order valence-electron chi connectivity index (χ4n) is 4.74. The number of esters is 2. The monoisotopic (exact) mass is 598 g/mol. The Bertz CT molecular complexity index is 1430. The number of ether oxygens (including phenoxy) is 3. The van der Waals surface area contributed by atoms with Gasteiger partial charge in [-0.15, -0.1) is 0 Å². The molecular formula is C30H31ClN2O9. The molecule has 2 aliphatic rings. The zero-order valence-corrected chi connectivity index (χ0v) is 24.4. The summed E-state index contributed by atoms with van der Waals surface area (Å²) in [5, 5.41) is 11.0. The largest absolute Gasteiger partial charge is 0.550 e. The van der Waals surface area contributed by atoms with Crippen molar-refractivity contribution in [3.05, 3.63) is 92.8 Å². The summed E-state index contributed by atoms with van der Waals surface area (Å²) in [6.07, 6.45) is 0. The second-order valence-electron chi connectivity index (χ2n) is 9.20. The van der Waals surface area contributed by atoms with Gasteiger partial charge in [0.2, 0.25) is 0 Å². The Hall–Kier alpha value is -4.32. The predicted molar refractivity (Wildman–Crippen MR) is 148 cm³/mol. The van der Waals surface area contributed by atoms with Crippen LogP contribution in [0.2, 0.25) is 5.02 Å². The maximum atomic E-state index is 13.2. The van der Waals surface area contributed by atoms with Gasteiger partial charge in [0.1, 0.15) is 29.1 Å². The smallest absolute Gasteiger partial charge is 0.340 e. The minimum atomic E-state index is -1.08. The van der Waals surface area contributed by atoms with Gasteiger partial charge in [-0.3, -0.25) is 19.8 Å². The number of carboxylic acid groups (broad SMARTS) is 1. The molecule has 11 nitrogen and oxygen atoms in total. The van der Waals surface area contributed by atoms with Crippen LogP contribution in [0.4, 0.5) is 0 Å². The highest BCUT2D eigenvalue weighted by atomic mass is 35.5. The number of carbonyl (C=O) groups is 5. The quantitative estimate of drug-likeness (QED) is 0.255. The topological polar surface area (TPSA) is 156 Å². The third-order valence-electron chi connectivity index (χ3n) is 6.45. The molecule has 0 saturated heterocycles. The molecule has 2 heterocycles. The van der Waals surface area contributed by atoms with E-state index in [-0.39, 0.29) is 49.3 Å². The van der Waals surface area contributed by atoms with Gasteiger partial charge in [-0.05, 0) is 37.6 Å². The standard InChI is InChI=1S/C28H27ClN2O7.C2H4O2/c1-4-38-28(35)24-21(15-37-14-13-31-25(32)17-9-5-6-10-18(17)26(31)33)30-16(2)22(27(34)36-3)23(24)19-11-7-8-12-20(19)29;1-2(3)4/h5-12,23,30H,4,13-15H2,1-3H3;1H3,(H,3,4). The van der Waals surface area contributed by atoms with Gasteiger partial charge < -0.3 is 24.1 Å². The van der Waals surface area contributed by atoms with E-state index in [1.807, 2.05) is 0 Å². The van der Waals surface area contributed by atoms with Crippen LogP contribution in [0.5, 0.6) is 0 Å². The first kappa shape index (κ1) is 32.2. The molecule has 2 aromatic carbocycles. The first-order valence-corrected chi connectivity index (χ1v) is 13.4. The first-order valence-electron chi connectivity index (χ1n) is 13.0. The van der Waals surface area contributed by atoms with Crippen molar-refractivity contribution in [1.29, 1.82) is 0 Å². The van der Waals surface area contributed by atoms with Crippen LogP contribution in [-0.2, 0) is 28.6 Å². The van der Waals surface area contributed by atoms with E-state index in [2.05, 4.69) is 0 Å². The van der Waals surface area contributed by atoms with E-state index in [9.17, 15) is 19.2 Å². The normalized spacial score (nSPS) is 16.1. The molecule has 42 heavy (non-hydrogen) atoms. The van der Waals surface area contributed by atoms with Crippen molar-refractivity contribution >= 4 is 41.3 Å². The number of methoxy groups -OCH3 is 1. The average Bonchev–Trinajstić information content (AvgIpc) is 3.19. The average molecular weight is 599 g/mol. The highest BCUT2D eigenvalue weighted by Crippen LogP contribution is 2.40. The lowest BCUT2D eigenvalue weighted by Gasteiger charge is -2.28. The number of benzene rings is 2. The lowest BCUT2D eigenvalue weighted by molar-refractivity contribution is -0.562. The summed E-state index contributed by atoms with van der Waals surface area (Å²) in [6.45, 7) is 4.60. The number of quaternary nitrogens is 1. The number of rotatable bonds is 9. The maximum absolute atomic E-state index is 13.2. The van der Waals surface area contributed by atoms with Crippen LogP contribution in [-0.4, -0.2) is 68.1 Å². The van der Waals surface area contributed by atoms with E-state index in [1.165, 1.54) is 7.11 Å². The Morgan fingerprint density at radius 3 is 2.10 bits per heavy atom. The minimum Gasteiger partial charge on any atom is -0.550 e. The summed E-state index contributed by atoms with van der Waals surface area (Å²) in [5.74, 6) is -3.86. The molecule has 12 heteroatoms. The van der Waals surface area contributed by atoms with Gasteiger partial charge in [0.25, 0.3) is 11.8 Å². The molecule has 2 aromatic rings. The summed E-state index contributed by atoms with van der Waals surface area (Å²) in [6, 6.07) is 13.6. The number of carbonyl (C=O) groups excluding carboxylic acids is 5. The van der Waals surface area contributed by atoms with E-state index in [4.69, 9.17) is 35.7 Å². The number of imide groups is 1. The van der Waals surface area contributed by atoms with Crippen molar-refractivity contribution < 1.29 is 48.6 Å². The molecular weight excluding hydrogens is 568 g/mol. The third kappa shape index (κ3) is 7.11. The molecule has 2 aliphatic heterocycles. The SMILES string of the molecule is CC(=O)[O-].CCOC(=O)C1=C(COCCN2C(=O)c3ccccc3C2=O)[NH2+]C(C)=C(C(=O)OC)C1c1ccccc1Cl. The Morgan fingerprint density at radius 1 is 0.976 bits per heavy atom. The summed E-state index contributed by atoms with van der Waals surface area (Å²) in [7, 11) is 1.28. The third-order valence-corrected chi connectivity index (χ3v) is 6.79. The fourth-order valence-corrected chi connectivity index (χ4v) is 4.99. The lowest BCUT2D eigenvalue weighted by atomic mass is 9.80. The van der Waals surface area contributed by atoms with E-state index in [1.54, 1.807) is 67.7 Å². The highest BCUT2D eigenvalue weighted by Gasteiger charge is 2.42. The second kappa shape index (κ2) is 14.5. The number of allylic oxidation sites excluding steroid dienone is 1. The molecule has 222 valence electrons. The number of amides is 2. The molecule has 1 unspecified atom stereocenters. The molecule has 1 atom stereocenters. The van der Waals surface area contributed by atoms with E-state index in [0.717, 1.165) is 11.8 Å². The van der Waals surface area contributed by atoms with E-state index in [0.29, 0.717) is 33.1 Å². The van der Waals surface area contributed by atoms with Crippen LogP contribution in [0.25, 0.3) is 0 Å². The number of hydrogen-bond donors (Lipinski definition) is 1. The van der Waals surface area contributed by atoms with Crippen molar-refractivity contribution in [1.82, 2.24) is 4.90 Å². The number of halogens is 1. The highest BCUT2D eigenvalue weighted by molar-refractivity contribution is 6.31. The van der Waals surface area contributed by atoms with Crippen LogP contribution in [0.3, 0.4) is 0 Å². The van der Waals surface area contributed by atoms with E-state index < -0.39 is 23.8 Å². The van der Waals surface area contributed by atoms with Gasteiger partial charge in [-0.1, -0.05) is 41.9 Å². The first-order chi connectivity index (χ1) is 20.0. The van der Waals surface area contributed by atoms with Gasteiger partial charge in [0.05, 0.1) is 43.9 Å². The molecule has 0 radical (unpaired) electrons.